The second kappa shape index (κ2) is 5.31. The van der Waals surface area contributed by atoms with Gasteiger partial charge in [-0.15, -0.1) is 11.3 Å². The van der Waals surface area contributed by atoms with E-state index in [0.717, 1.165) is 0 Å². The molecule has 0 radical (unpaired) electrons. The van der Waals surface area contributed by atoms with Gasteiger partial charge in [0.25, 0.3) is 0 Å². The third-order valence-electron chi connectivity index (χ3n) is 2.07. The van der Waals surface area contributed by atoms with Gasteiger partial charge in [0.2, 0.25) is 5.91 Å². The first-order chi connectivity index (χ1) is 7.86. The van der Waals surface area contributed by atoms with Crippen LogP contribution in [0.4, 0.5) is 5.00 Å². The zero-order valence-corrected chi connectivity index (χ0v) is 11.3. The number of hydrogen-bond donors (Lipinski definition) is 1. The normalized spacial score (nSPS) is 11.1. The standard InChI is InChI=1S/C12H17NO3S/c1-5-16-10(14)8-6-7-17-9(8)13-11(15)12(2,3)4/h6-7H,5H2,1-4H3,(H,13,15). The Balaban J connectivity index is 2.83. The van der Waals surface area contributed by atoms with E-state index >= 15 is 0 Å². The van der Waals surface area contributed by atoms with Gasteiger partial charge in [0.05, 0.1) is 12.2 Å². The van der Waals surface area contributed by atoms with Crippen molar-refractivity contribution in [3.05, 3.63) is 17.0 Å². The smallest absolute Gasteiger partial charge is 0.341 e. The van der Waals surface area contributed by atoms with Crippen molar-refractivity contribution < 1.29 is 14.3 Å². The van der Waals surface area contributed by atoms with E-state index in [1.807, 2.05) is 20.8 Å². The Bertz CT molecular complexity index is 418. The first-order valence-electron chi connectivity index (χ1n) is 5.42. The minimum Gasteiger partial charge on any atom is -0.462 e. The predicted molar refractivity (Wildman–Crippen MR) is 68.4 cm³/mol. The van der Waals surface area contributed by atoms with Crippen LogP contribution in [0.3, 0.4) is 0 Å². The van der Waals surface area contributed by atoms with E-state index in [4.69, 9.17) is 4.74 Å². The van der Waals surface area contributed by atoms with Crippen molar-refractivity contribution in [2.75, 3.05) is 11.9 Å². The molecule has 0 aliphatic rings. The molecule has 0 aliphatic heterocycles. The first-order valence-corrected chi connectivity index (χ1v) is 6.30. The number of anilines is 1. The lowest BCUT2D eigenvalue weighted by molar-refractivity contribution is -0.123. The Morgan fingerprint density at radius 1 is 1.41 bits per heavy atom. The zero-order chi connectivity index (χ0) is 13.1. The Labute approximate surface area is 105 Å². The van der Waals surface area contributed by atoms with Crippen molar-refractivity contribution in [1.29, 1.82) is 0 Å². The number of ether oxygens (including phenoxy) is 1. The van der Waals surface area contributed by atoms with Crippen molar-refractivity contribution in [1.82, 2.24) is 0 Å². The molecular weight excluding hydrogens is 238 g/mol. The molecule has 0 saturated carbocycles. The largest absolute Gasteiger partial charge is 0.462 e. The molecule has 4 nitrogen and oxygen atoms in total. The maximum absolute atomic E-state index is 11.8. The molecule has 0 unspecified atom stereocenters. The molecule has 0 aliphatic carbocycles. The third kappa shape index (κ3) is 3.56. The van der Waals surface area contributed by atoms with Gasteiger partial charge >= 0.3 is 5.97 Å². The Morgan fingerprint density at radius 2 is 2.06 bits per heavy atom. The van der Waals surface area contributed by atoms with Gasteiger partial charge in [0.1, 0.15) is 5.00 Å². The first kappa shape index (κ1) is 13.7. The van der Waals surface area contributed by atoms with Crippen molar-refractivity contribution in [2.45, 2.75) is 27.7 Å². The minimum absolute atomic E-state index is 0.120. The summed E-state index contributed by atoms with van der Waals surface area (Å²) in [4.78, 5) is 23.4. The molecule has 1 heterocycles. The quantitative estimate of drug-likeness (QED) is 0.845. The second-order valence-corrected chi connectivity index (χ2v) is 5.50. The SMILES string of the molecule is CCOC(=O)c1ccsc1NC(=O)C(C)(C)C. The maximum atomic E-state index is 11.8. The van der Waals surface area contributed by atoms with Crippen LogP contribution >= 0.6 is 11.3 Å². The number of carbonyl (C=O) groups is 2. The van der Waals surface area contributed by atoms with Crippen LogP contribution in [-0.4, -0.2) is 18.5 Å². The molecule has 0 spiro atoms. The van der Waals surface area contributed by atoms with E-state index in [-0.39, 0.29) is 5.91 Å². The molecule has 5 heteroatoms. The summed E-state index contributed by atoms with van der Waals surface area (Å²) < 4.78 is 4.91. The second-order valence-electron chi connectivity index (χ2n) is 4.59. The lowest BCUT2D eigenvalue weighted by Gasteiger charge is -2.17. The summed E-state index contributed by atoms with van der Waals surface area (Å²) in [5.74, 6) is -0.525. The van der Waals surface area contributed by atoms with Crippen molar-refractivity contribution in [2.24, 2.45) is 5.41 Å². The van der Waals surface area contributed by atoms with Gasteiger partial charge in [0.15, 0.2) is 0 Å². The summed E-state index contributed by atoms with van der Waals surface area (Å²) in [5, 5.41) is 5.05. The van der Waals surface area contributed by atoms with Crippen molar-refractivity contribution in [3.63, 3.8) is 0 Å². The van der Waals surface area contributed by atoms with E-state index in [9.17, 15) is 9.59 Å². The molecule has 0 fully saturated rings. The Kier molecular flexibility index (Phi) is 4.28. The maximum Gasteiger partial charge on any atom is 0.341 e. The molecule has 0 atom stereocenters. The van der Waals surface area contributed by atoms with Crippen molar-refractivity contribution in [3.8, 4) is 0 Å². The van der Waals surface area contributed by atoms with E-state index in [1.165, 1.54) is 11.3 Å². The lowest BCUT2D eigenvalue weighted by Crippen LogP contribution is -2.27. The number of hydrogen-bond acceptors (Lipinski definition) is 4. The van der Waals surface area contributed by atoms with Crippen LogP contribution in [0.15, 0.2) is 11.4 Å². The summed E-state index contributed by atoms with van der Waals surface area (Å²) >= 11 is 1.32. The molecule has 0 saturated heterocycles. The van der Waals surface area contributed by atoms with Crippen molar-refractivity contribution >= 4 is 28.2 Å². The summed E-state index contributed by atoms with van der Waals surface area (Å²) in [6.45, 7) is 7.53. The Morgan fingerprint density at radius 3 is 2.59 bits per heavy atom. The molecule has 1 N–H and O–H groups in total. The molecular formula is C12H17NO3S. The zero-order valence-electron chi connectivity index (χ0n) is 10.5. The van der Waals surface area contributed by atoms with Crippen LogP contribution in [0.25, 0.3) is 0 Å². The van der Waals surface area contributed by atoms with Gasteiger partial charge < -0.3 is 10.1 Å². The number of amides is 1. The number of esters is 1. The van der Waals surface area contributed by atoms with E-state index in [1.54, 1.807) is 18.4 Å². The molecule has 0 bridgehead atoms. The summed E-state index contributed by atoms with van der Waals surface area (Å²) in [6, 6.07) is 1.65. The van der Waals surface area contributed by atoms with Crippen LogP contribution in [0, 0.1) is 5.41 Å². The van der Waals surface area contributed by atoms with Crippen LogP contribution in [0.1, 0.15) is 38.1 Å². The average molecular weight is 255 g/mol. The monoisotopic (exact) mass is 255 g/mol. The van der Waals surface area contributed by atoms with Gasteiger partial charge in [0, 0.05) is 5.41 Å². The van der Waals surface area contributed by atoms with Crippen LogP contribution in [0.5, 0.6) is 0 Å². The van der Waals surface area contributed by atoms with Gasteiger partial charge in [-0.1, -0.05) is 20.8 Å². The van der Waals surface area contributed by atoms with Gasteiger partial charge in [-0.05, 0) is 18.4 Å². The molecule has 94 valence electrons. The highest BCUT2D eigenvalue weighted by Gasteiger charge is 2.24. The summed E-state index contributed by atoms with van der Waals surface area (Å²) in [5.41, 5.74) is -0.0786. The summed E-state index contributed by atoms with van der Waals surface area (Å²) in [7, 11) is 0. The Hall–Kier alpha value is -1.36. The van der Waals surface area contributed by atoms with Crippen LogP contribution < -0.4 is 5.32 Å². The van der Waals surface area contributed by atoms with Gasteiger partial charge in [-0.3, -0.25) is 4.79 Å². The number of nitrogens with one attached hydrogen (secondary N) is 1. The summed E-state index contributed by atoms with van der Waals surface area (Å²) in [6.07, 6.45) is 0. The average Bonchev–Trinajstić information content (AvgIpc) is 2.64. The molecule has 0 aromatic carbocycles. The predicted octanol–water partition coefficient (Wildman–Crippen LogP) is 2.91. The topological polar surface area (TPSA) is 55.4 Å². The highest BCUT2D eigenvalue weighted by Crippen LogP contribution is 2.26. The fraction of sp³-hybridized carbons (Fsp3) is 0.500. The van der Waals surface area contributed by atoms with Gasteiger partial charge in [-0.2, -0.15) is 0 Å². The lowest BCUT2D eigenvalue weighted by atomic mass is 9.96. The number of rotatable bonds is 3. The van der Waals surface area contributed by atoms with Gasteiger partial charge in [-0.25, -0.2) is 4.79 Å². The highest BCUT2D eigenvalue weighted by molar-refractivity contribution is 7.14. The molecule has 1 aromatic rings. The third-order valence-corrected chi connectivity index (χ3v) is 2.90. The van der Waals surface area contributed by atoms with E-state index < -0.39 is 11.4 Å². The minimum atomic E-state index is -0.490. The van der Waals surface area contributed by atoms with E-state index in [0.29, 0.717) is 17.2 Å². The number of thiophene rings is 1. The molecule has 17 heavy (non-hydrogen) atoms. The van der Waals surface area contributed by atoms with Crippen LogP contribution in [-0.2, 0) is 9.53 Å². The molecule has 1 rings (SSSR count). The van der Waals surface area contributed by atoms with Crippen LogP contribution in [0.2, 0.25) is 0 Å². The fourth-order valence-electron chi connectivity index (χ4n) is 1.07. The van der Waals surface area contributed by atoms with E-state index in [2.05, 4.69) is 5.32 Å². The fourth-order valence-corrected chi connectivity index (χ4v) is 1.84. The molecule has 1 aromatic heterocycles. The molecule has 1 amide bonds. The highest BCUT2D eigenvalue weighted by atomic mass is 32.1. The number of carbonyl (C=O) groups excluding carboxylic acids is 2.